The van der Waals surface area contributed by atoms with Crippen LogP contribution in [-0.4, -0.2) is 33.9 Å². The summed E-state index contributed by atoms with van der Waals surface area (Å²) in [6, 6.07) is 18.5. The van der Waals surface area contributed by atoms with Crippen LogP contribution >= 0.6 is 0 Å². The molecule has 0 saturated carbocycles. The molecular weight excluding hydrogens is 505 g/mol. The lowest BCUT2D eigenvalue weighted by Gasteiger charge is -2.27. The lowest BCUT2D eigenvalue weighted by molar-refractivity contribution is 0.241. The number of nitrogens with zero attached hydrogens (tertiary/aromatic N) is 3. The predicted octanol–water partition coefficient (Wildman–Crippen LogP) is 6.38. The number of urea groups is 1. The van der Waals surface area contributed by atoms with E-state index < -0.39 is 6.03 Å². The zero-order chi connectivity index (χ0) is 28.4. The van der Waals surface area contributed by atoms with Gasteiger partial charge in [-0.15, -0.1) is 0 Å². The third-order valence-corrected chi connectivity index (χ3v) is 7.13. The number of benzene rings is 3. The third kappa shape index (κ3) is 5.87. The van der Waals surface area contributed by atoms with Crippen LogP contribution in [0.1, 0.15) is 41.8 Å². The molecule has 1 aromatic heterocycles. The Labute approximate surface area is 234 Å². The van der Waals surface area contributed by atoms with E-state index in [-0.39, 0.29) is 5.82 Å². The molecule has 0 saturated heterocycles. The van der Waals surface area contributed by atoms with Gasteiger partial charge in [-0.2, -0.15) is 5.10 Å². The minimum atomic E-state index is -0.610. The summed E-state index contributed by atoms with van der Waals surface area (Å²) in [7, 11) is 0. The highest BCUT2D eigenvalue weighted by Crippen LogP contribution is 2.37. The molecule has 40 heavy (non-hydrogen) atoms. The standard InChI is InChI=1S/C32H36FN5O2/c1-20(2)19-40-29-7-5-6-22(4)30(29)38-31(23-10-12-25(13-11-23)35-32(34)39)26-18-37(15-14-28(26)36-38)17-24-9-8-21(3)16-27(24)33/h5-13,16,20H,14-15,17-19H2,1-4H3,(H3,34,35,39). The number of primary amides is 1. The molecule has 5 rings (SSSR count). The zero-order valence-corrected chi connectivity index (χ0v) is 23.5. The molecule has 0 atom stereocenters. The van der Waals surface area contributed by atoms with Gasteiger partial charge < -0.3 is 15.8 Å². The van der Waals surface area contributed by atoms with Crippen molar-refractivity contribution in [2.45, 2.75) is 47.2 Å². The van der Waals surface area contributed by atoms with E-state index in [1.165, 1.54) is 0 Å². The quantitative estimate of drug-likeness (QED) is 0.271. The van der Waals surface area contributed by atoms with Crippen molar-refractivity contribution in [3.05, 3.63) is 94.4 Å². The fourth-order valence-electron chi connectivity index (χ4n) is 5.17. The fraction of sp³-hybridized carbons (Fsp3) is 0.312. The molecule has 2 heterocycles. The number of hydrogen-bond donors (Lipinski definition) is 2. The summed E-state index contributed by atoms with van der Waals surface area (Å²) in [4.78, 5) is 13.6. The molecule has 1 aliphatic rings. The van der Waals surface area contributed by atoms with Gasteiger partial charge in [0.25, 0.3) is 0 Å². The van der Waals surface area contributed by atoms with Gasteiger partial charge in [0.05, 0.1) is 18.0 Å². The number of ether oxygens (including phenoxy) is 1. The highest BCUT2D eigenvalue weighted by molar-refractivity contribution is 5.88. The van der Waals surface area contributed by atoms with Gasteiger partial charge in [-0.1, -0.05) is 50.2 Å². The van der Waals surface area contributed by atoms with E-state index in [9.17, 15) is 9.18 Å². The van der Waals surface area contributed by atoms with Gasteiger partial charge in [-0.05, 0) is 55.2 Å². The topological polar surface area (TPSA) is 85.4 Å². The second-order valence-electron chi connectivity index (χ2n) is 10.9. The number of aromatic nitrogens is 2. The van der Waals surface area contributed by atoms with Gasteiger partial charge in [-0.25, -0.2) is 13.9 Å². The summed E-state index contributed by atoms with van der Waals surface area (Å²) >= 11 is 0. The van der Waals surface area contributed by atoms with E-state index in [1.54, 1.807) is 6.07 Å². The molecule has 208 valence electrons. The number of nitrogens with one attached hydrogen (secondary N) is 1. The molecule has 1 aliphatic heterocycles. The van der Waals surface area contributed by atoms with E-state index in [1.807, 2.05) is 60.1 Å². The molecular formula is C32H36FN5O2. The van der Waals surface area contributed by atoms with Gasteiger partial charge >= 0.3 is 6.03 Å². The van der Waals surface area contributed by atoms with Crippen molar-refractivity contribution in [3.63, 3.8) is 0 Å². The number of rotatable bonds is 8. The van der Waals surface area contributed by atoms with Crippen LogP contribution in [0, 0.1) is 25.6 Å². The lowest BCUT2D eigenvalue weighted by atomic mass is 9.99. The number of para-hydroxylation sites is 1. The third-order valence-electron chi connectivity index (χ3n) is 7.13. The minimum absolute atomic E-state index is 0.175. The van der Waals surface area contributed by atoms with Crippen LogP contribution in [-0.2, 0) is 19.5 Å². The minimum Gasteiger partial charge on any atom is -0.491 e. The highest BCUT2D eigenvalue weighted by atomic mass is 19.1. The van der Waals surface area contributed by atoms with Gasteiger partial charge in [0, 0.05) is 48.4 Å². The van der Waals surface area contributed by atoms with Crippen molar-refractivity contribution in [1.82, 2.24) is 14.7 Å². The summed E-state index contributed by atoms with van der Waals surface area (Å²) < 4.78 is 23.0. The molecule has 0 radical (unpaired) electrons. The van der Waals surface area contributed by atoms with Gasteiger partial charge in [0.2, 0.25) is 0 Å². The molecule has 7 nitrogen and oxygen atoms in total. The summed E-state index contributed by atoms with van der Waals surface area (Å²) in [5.74, 6) is 0.978. The Kier molecular flexibility index (Phi) is 7.89. The Morgan fingerprint density at radius 2 is 1.90 bits per heavy atom. The largest absolute Gasteiger partial charge is 0.491 e. The molecule has 4 aromatic rings. The number of fused-ring (bicyclic) bond motifs is 1. The number of hydrogen-bond acceptors (Lipinski definition) is 4. The molecule has 2 amide bonds. The van der Waals surface area contributed by atoms with Crippen molar-refractivity contribution >= 4 is 11.7 Å². The normalized spacial score (nSPS) is 13.3. The maximum Gasteiger partial charge on any atom is 0.316 e. The first-order valence-electron chi connectivity index (χ1n) is 13.7. The second-order valence-corrected chi connectivity index (χ2v) is 10.9. The van der Waals surface area contributed by atoms with E-state index in [0.717, 1.165) is 58.0 Å². The number of amides is 2. The van der Waals surface area contributed by atoms with E-state index in [0.29, 0.717) is 36.9 Å². The first-order valence-corrected chi connectivity index (χ1v) is 13.7. The predicted molar refractivity (Wildman–Crippen MR) is 156 cm³/mol. The monoisotopic (exact) mass is 541 g/mol. The van der Waals surface area contributed by atoms with Crippen LogP contribution < -0.4 is 15.8 Å². The Balaban J connectivity index is 1.59. The van der Waals surface area contributed by atoms with Crippen molar-refractivity contribution in [1.29, 1.82) is 0 Å². The Bertz CT molecular complexity index is 1530. The first kappa shape index (κ1) is 27.4. The Hall–Kier alpha value is -4.17. The smallest absolute Gasteiger partial charge is 0.316 e. The highest BCUT2D eigenvalue weighted by Gasteiger charge is 2.28. The van der Waals surface area contributed by atoms with Crippen LogP contribution in [0.15, 0.2) is 60.7 Å². The SMILES string of the molecule is Cc1ccc(CN2CCc3nn(-c4c(C)cccc4OCC(C)C)c(-c4ccc(NC(N)=O)cc4)c3C2)c(F)c1. The van der Waals surface area contributed by atoms with Crippen LogP contribution in [0.5, 0.6) is 5.75 Å². The van der Waals surface area contributed by atoms with E-state index in [2.05, 4.69) is 37.1 Å². The lowest BCUT2D eigenvalue weighted by Crippen LogP contribution is -2.30. The number of carbonyl (C=O) groups is 1. The fourth-order valence-corrected chi connectivity index (χ4v) is 5.17. The Morgan fingerprint density at radius 1 is 1.12 bits per heavy atom. The van der Waals surface area contributed by atoms with Crippen molar-refractivity contribution < 1.29 is 13.9 Å². The second kappa shape index (κ2) is 11.5. The van der Waals surface area contributed by atoms with Crippen molar-refractivity contribution in [3.8, 4) is 22.7 Å². The molecule has 0 fully saturated rings. The number of nitrogens with two attached hydrogens (primary N) is 1. The molecule has 3 N–H and O–H groups in total. The average molecular weight is 542 g/mol. The number of aryl methyl sites for hydroxylation is 2. The molecule has 0 spiro atoms. The number of anilines is 1. The van der Waals surface area contributed by atoms with Gasteiger partial charge in [0.15, 0.2) is 0 Å². The molecule has 3 aromatic carbocycles. The van der Waals surface area contributed by atoms with Gasteiger partial charge in [-0.3, -0.25) is 4.90 Å². The maximum absolute atomic E-state index is 14.7. The molecule has 0 aliphatic carbocycles. The summed E-state index contributed by atoms with van der Waals surface area (Å²) in [5, 5.41) is 7.76. The number of halogens is 1. The maximum atomic E-state index is 14.7. The molecule has 0 bridgehead atoms. The number of carbonyl (C=O) groups excluding carboxylic acids is 1. The zero-order valence-electron chi connectivity index (χ0n) is 23.5. The van der Waals surface area contributed by atoms with Gasteiger partial charge in [0.1, 0.15) is 17.3 Å². The van der Waals surface area contributed by atoms with Crippen LogP contribution in [0.3, 0.4) is 0 Å². The van der Waals surface area contributed by atoms with Crippen LogP contribution in [0.2, 0.25) is 0 Å². The molecule has 0 unspecified atom stereocenters. The summed E-state index contributed by atoms with van der Waals surface area (Å²) in [6.45, 7) is 10.7. The van der Waals surface area contributed by atoms with Crippen LogP contribution in [0.4, 0.5) is 14.9 Å². The van der Waals surface area contributed by atoms with Crippen molar-refractivity contribution in [2.75, 3.05) is 18.5 Å². The van der Waals surface area contributed by atoms with Crippen LogP contribution in [0.25, 0.3) is 16.9 Å². The van der Waals surface area contributed by atoms with E-state index >= 15 is 0 Å². The summed E-state index contributed by atoms with van der Waals surface area (Å²) in [5.41, 5.74) is 13.5. The first-order chi connectivity index (χ1) is 19.2. The molecule has 8 heteroatoms. The summed E-state index contributed by atoms with van der Waals surface area (Å²) in [6.07, 6.45) is 0.748. The average Bonchev–Trinajstić information content (AvgIpc) is 3.27. The van der Waals surface area contributed by atoms with Crippen molar-refractivity contribution in [2.24, 2.45) is 11.7 Å². The van der Waals surface area contributed by atoms with E-state index in [4.69, 9.17) is 15.6 Å². The Morgan fingerprint density at radius 3 is 2.60 bits per heavy atom.